The topological polar surface area (TPSA) is 53.3 Å². The van der Waals surface area contributed by atoms with Gasteiger partial charge in [0.15, 0.2) is 0 Å². The Kier molecular flexibility index (Phi) is 4.53. The van der Waals surface area contributed by atoms with E-state index in [1.165, 1.54) is 7.11 Å². The molecule has 90 valence electrons. The van der Waals surface area contributed by atoms with E-state index in [-0.39, 0.29) is 5.97 Å². The minimum atomic E-state index is -0.489. The number of esters is 1. The third-order valence-electron chi connectivity index (χ3n) is 2.62. The maximum absolute atomic E-state index is 11.6. The van der Waals surface area contributed by atoms with E-state index in [1.54, 1.807) is 18.7 Å². The lowest BCUT2D eigenvalue weighted by molar-refractivity contribution is -0.141. The molecule has 0 radical (unpaired) electrons. The van der Waals surface area contributed by atoms with Crippen molar-refractivity contribution in [1.82, 2.24) is 0 Å². The van der Waals surface area contributed by atoms with Gasteiger partial charge in [-0.05, 0) is 26.0 Å². The molecule has 0 amide bonds. The summed E-state index contributed by atoms with van der Waals surface area (Å²) in [7, 11) is 1.35. The summed E-state index contributed by atoms with van der Waals surface area (Å²) in [4.78, 5) is 13.3. The highest BCUT2D eigenvalue weighted by Gasteiger charge is 2.26. The molecular weight excluding hydrogens is 216 g/mol. The first-order valence-electron chi connectivity index (χ1n) is 5.42. The van der Waals surface area contributed by atoms with Crippen molar-refractivity contribution in [2.75, 3.05) is 12.0 Å². The third-order valence-corrected chi connectivity index (χ3v) is 2.62. The monoisotopic (exact) mass is 232 g/mol. The molecule has 4 heteroatoms. The van der Waals surface area contributed by atoms with Crippen LogP contribution >= 0.6 is 0 Å². The molecule has 17 heavy (non-hydrogen) atoms. The number of nitriles is 1. The molecule has 0 heterocycles. The Morgan fingerprint density at radius 1 is 1.35 bits per heavy atom. The first-order chi connectivity index (χ1) is 8.11. The van der Waals surface area contributed by atoms with E-state index >= 15 is 0 Å². The maximum atomic E-state index is 11.6. The van der Waals surface area contributed by atoms with Crippen molar-refractivity contribution in [3.05, 3.63) is 30.3 Å². The smallest absolute Gasteiger partial charge is 0.328 e. The van der Waals surface area contributed by atoms with Crippen LogP contribution in [0.5, 0.6) is 0 Å². The molecule has 0 bridgehead atoms. The van der Waals surface area contributed by atoms with E-state index < -0.39 is 12.1 Å². The Morgan fingerprint density at radius 3 is 2.41 bits per heavy atom. The summed E-state index contributed by atoms with van der Waals surface area (Å²) in [6.45, 7) is 3.49. The van der Waals surface area contributed by atoms with E-state index in [1.807, 2.05) is 30.3 Å². The van der Waals surface area contributed by atoms with Gasteiger partial charge >= 0.3 is 5.97 Å². The number of para-hydroxylation sites is 1. The summed E-state index contributed by atoms with van der Waals surface area (Å²) in [5.74, 6) is -0.351. The van der Waals surface area contributed by atoms with Crippen LogP contribution in [-0.4, -0.2) is 25.2 Å². The molecule has 0 aliphatic carbocycles. The number of carbonyl (C=O) groups is 1. The fourth-order valence-corrected chi connectivity index (χ4v) is 1.73. The number of benzene rings is 1. The molecule has 1 rings (SSSR count). The molecule has 0 saturated carbocycles. The normalized spacial score (nSPS) is 13.3. The quantitative estimate of drug-likeness (QED) is 0.745. The molecule has 0 aromatic heterocycles. The molecule has 4 nitrogen and oxygen atoms in total. The number of hydrogen-bond donors (Lipinski definition) is 0. The second-order valence-corrected chi connectivity index (χ2v) is 3.75. The summed E-state index contributed by atoms with van der Waals surface area (Å²) in [6.07, 6.45) is 0. The van der Waals surface area contributed by atoms with Crippen LogP contribution in [0.3, 0.4) is 0 Å². The SMILES string of the molecule is COC(=O)C(C)N(c1ccccc1)C(C)C#N. The van der Waals surface area contributed by atoms with Gasteiger partial charge in [0.2, 0.25) is 0 Å². The van der Waals surface area contributed by atoms with Crippen LogP contribution in [0, 0.1) is 11.3 Å². The van der Waals surface area contributed by atoms with Crippen LogP contribution in [0.1, 0.15) is 13.8 Å². The number of carbonyl (C=O) groups excluding carboxylic acids is 1. The van der Waals surface area contributed by atoms with Crippen LogP contribution in [0.4, 0.5) is 5.69 Å². The zero-order valence-electron chi connectivity index (χ0n) is 10.3. The zero-order valence-corrected chi connectivity index (χ0v) is 10.3. The van der Waals surface area contributed by atoms with Crippen molar-refractivity contribution >= 4 is 11.7 Å². The average Bonchev–Trinajstić information content (AvgIpc) is 2.38. The largest absolute Gasteiger partial charge is 0.467 e. The summed E-state index contributed by atoms with van der Waals surface area (Å²) >= 11 is 0. The fourth-order valence-electron chi connectivity index (χ4n) is 1.73. The summed E-state index contributed by atoms with van der Waals surface area (Å²) in [6, 6.07) is 10.6. The molecule has 0 spiro atoms. The number of nitrogens with zero attached hydrogens (tertiary/aromatic N) is 2. The summed E-state index contributed by atoms with van der Waals surface area (Å²) in [5.41, 5.74) is 0.833. The van der Waals surface area contributed by atoms with Gasteiger partial charge in [-0.1, -0.05) is 18.2 Å². The van der Waals surface area contributed by atoms with Gasteiger partial charge in [0.25, 0.3) is 0 Å². The van der Waals surface area contributed by atoms with E-state index in [4.69, 9.17) is 10.00 Å². The summed E-state index contributed by atoms with van der Waals surface area (Å²) in [5, 5.41) is 9.03. The van der Waals surface area contributed by atoms with Crippen molar-refractivity contribution in [2.45, 2.75) is 25.9 Å². The Labute approximate surface area is 101 Å². The van der Waals surface area contributed by atoms with Gasteiger partial charge in [-0.2, -0.15) is 5.26 Å². The second kappa shape index (κ2) is 5.90. The minimum absolute atomic E-state index is 0.351. The number of anilines is 1. The highest BCUT2D eigenvalue weighted by atomic mass is 16.5. The average molecular weight is 232 g/mol. The van der Waals surface area contributed by atoms with Crippen LogP contribution < -0.4 is 4.90 Å². The van der Waals surface area contributed by atoms with Crippen molar-refractivity contribution < 1.29 is 9.53 Å². The van der Waals surface area contributed by atoms with Gasteiger partial charge in [-0.15, -0.1) is 0 Å². The lowest BCUT2D eigenvalue weighted by Gasteiger charge is -2.31. The molecular formula is C13H16N2O2. The molecule has 2 unspecified atom stereocenters. The first kappa shape index (κ1) is 13.0. The molecule has 2 atom stereocenters. The van der Waals surface area contributed by atoms with Crippen LogP contribution in [0.15, 0.2) is 30.3 Å². The molecule has 0 aliphatic rings. The van der Waals surface area contributed by atoms with E-state index in [0.717, 1.165) is 5.69 Å². The van der Waals surface area contributed by atoms with Crippen LogP contribution in [0.2, 0.25) is 0 Å². The molecule has 1 aromatic rings. The number of methoxy groups -OCH3 is 1. The zero-order chi connectivity index (χ0) is 12.8. The third kappa shape index (κ3) is 2.97. The molecule has 0 saturated heterocycles. The van der Waals surface area contributed by atoms with Gasteiger partial charge < -0.3 is 9.64 Å². The first-order valence-corrected chi connectivity index (χ1v) is 5.42. The highest BCUT2D eigenvalue weighted by Crippen LogP contribution is 2.20. The van der Waals surface area contributed by atoms with E-state index in [2.05, 4.69) is 6.07 Å². The predicted octanol–water partition coefficient (Wildman–Crippen LogP) is 1.97. The Morgan fingerprint density at radius 2 is 1.94 bits per heavy atom. The van der Waals surface area contributed by atoms with Crippen molar-refractivity contribution in [2.24, 2.45) is 0 Å². The van der Waals surface area contributed by atoms with Gasteiger partial charge in [0, 0.05) is 5.69 Å². The second-order valence-electron chi connectivity index (χ2n) is 3.75. The van der Waals surface area contributed by atoms with Gasteiger partial charge in [-0.25, -0.2) is 4.79 Å². The number of hydrogen-bond acceptors (Lipinski definition) is 4. The molecule has 0 fully saturated rings. The number of ether oxygens (including phenoxy) is 1. The lowest BCUT2D eigenvalue weighted by Crippen LogP contribution is -2.44. The van der Waals surface area contributed by atoms with Gasteiger partial charge in [-0.3, -0.25) is 0 Å². The van der Waals surface area contributed by atoms with Gasteiger partial charge in [0.05, 0.1) is 13.2 Å². The van der Waals surface area contributed by atoms with Gasteiger partial charge in [0.1, 0.15) is 12.1 Å². The Balaban J connectivity index is 3.06. The standard InChI is InChI=1S/C13H16N2O2/c1-10(9-14)15(11(2)13(16)17-3)12-7-5-4-6-8-12/h4-8,10-11H,1-3H3. The molecule has 0 N–H and O–H groups in total. The Hall–Kier alpha value is -2.02. The van der Waals surface area contributed by atoms with E-state index in [0.29, 0.717) is 0 Å². The lowest BCUT2D eigenvalue weighted by atomic mass is 10.1. The van der Waals surface area contributed by atoms with Crippen molar-refractivity contribution in [3.8, 4) is 6.07 Å². The van der Waals surface area contributed by atoms with E-state index in [9.17, 15) is 4.79 Å². The summed E-state index contributed by atoms with van der Waals surface area (Å²) < 4.78 is 4.72. The minimum Gasteiger partial charge on any atom is -0.467 e. The predicted molar refractivity (Wildman–Crippen MR) is 65.5 cm³/mol. The highest BCUT2D eigenvalue weighted by molar-refractivity contribution is 5.80. The Bertz CT molecular complexity index is 411. The van der Waals surface area contributed by atoms with Crippen LogP contribution in [0.25, 0.3) is 0 Å². The molecule has 0 aliphatic heterocycles. The van der Waals surface area contributed by atoms with Crippen LogP contribution in [-0.2, 0) is 9.53 Å². The molecule has 1 aromatic carbocycles. The van der Waals surface area contributed by atoms with Crippen molar-refractivity contribution in [1.29, 1.82) is 5.26 Å². The fraction of sp³-hybridized carbons (Fsp3) is 0.385. The maximum Gasteiger partial charge on any atom is 0.328 e. The number of rotatable bonds is 4. The van der Waals surface area contributed by atoms with Crippen molar-refractivity contribution in [3.63, 3.8) is 0 Å².